The highest BCUT2D eigenvalue weighted by Gasteiger charge is 2.44. The number of cyclic esters (lactones) is 1. The molecule has 1 aliphatic carbocycles. The molecular formula is C31H33F9N2O3. The van der Waals surface area contributed by atoms with Crippen molar-refractivity contribution in [1.82, 2.24) is 4.90 Å². The molecule has 1 saturated heterocycles. The Labute approximate surface area is 254 Å². The first kappa shape index (κ1) is 34.3. The summed E-state index contributed by atoms with van der Waals surface area (Å²) in [5.41, 5.74) is -1.61. The number of rotatable bonds is 7. The Balaban J connectivity index is 1.73. The first-order valence-corrected chi connectivity index (χ1v) is 14.1. The van der Waals surface area contributed by atoms with Crippen LogP contribution in [0.1, 0.15) is 75.3 Å². The lowest BCUT2D eigenvalue weighted by atomic mass is 9.72. The van der Waals surface area contributed by atoms with E-state index in [4.69, 9.17) is 9.47 Å². The molecular weight excluding hydrogens is 619 g/mol. The Morgan fingerprint density at radius 1 is 1.00 bits per heavy atom. The van der Waals surface area contributed by atoms with Gasteiger partial charge in [-0.25, -0.2) is 4.79 Å². The third-order valence-electron chi connectivity index (χ3n) is 8.26. The van der Waals surface area contributed by atoms with E-state index in [1.165, 1.54) is 37.1 Å². The van der Waals surface area contributed by atoms with Crippen LogP contribution < -0.4 is 10.1 Å². The zero-order valence-corrected chi connectivity index (χ0v) is 25.1. The van der Waals surface area contributed by atoms with Crippen molar-refractivity contribution in [3.63, 3.8) is 0 Å². The number of methoxy groups -OCH3 is 1. The fourth-order valence-corrected chi connectivity index (χ4v) is 5.76. The first-order chi connectivity index (χ1) is 20.6. The summed E-state index contributed by atoms with van der Waals surface area (Å²) in [5, 5.41) is 2.44. The number of nitrogens with one attached hydrogen (secondary N) is 1. The van der Waals surface area contributed by atoms with Crippen molar-refractivity contribution in [1.29, 1.82) is 0 Å². The third-order valence-corrected chi connectivity index (χ3v) is 8.26. The molecule has 2 aliphatic rings. The van der Waals surface area contributed by atoms with Gasteiger partial charge in [0.1, 0.15) is 17.9 Å². The Hall–Kier alpha value is -3.58. The van der Waals surface area contributed by atoms with E-state index < -0.39 is 59.5 Å². The van der Waals surface area contributed by atoms with Gasteiger partial charge in [-0.2, -0.15) is 39.5 Å². The van der Waals surface area contributed by atoms with E-state index in [1.807, 2.05) is 13.8 Å². The molecule has 248 valence electrons. The molecule has 3 atom stereocenters. The van der Waals surface area contributed by atoms with Crippen molar-refractivity contribution < 1.29 is 53.8 Å². The van der Waals surface area contributed by atoms with E-state index in [9.17, 15) is 44.3 Å². The van der Waals surface area contributed by atoms with Gasteiger partial charge in [0.05, 0.1) is 24.3 Å². The highest BCUT2D eigenvalue weighted by atomic mass is 19.4. The van der Waals surface area contributed by atoms with Crippen LogP contribution in [0.15, 0.2) is 42.0 Å². The average molecular weight is 653 g/mol. The molecule has 1 aliphatic heterocycles. The van der Waals surface area contributed by atoms with Crippen LogP contribution in [-0.2, 0) is 17.1 Å². The molecule has 0 spiro atoms. The van der Waals surface area contributed by atoms with Gasteiger partial charge in [0.25, 0.3) is 0 Å². The summed E-state index contributed by atoms with van der Waals surface area (Å²) in [5.74, 6) is 0.381. The standard InChI is InChI=1S/C31H33F9N2O3/c1-16-26(18-10-20(30(35,36)37)12-21(11-18)31(38,39)40)45-27(43)42(16)15-19-14-28(3,4)9-8-23(19)24-13-22(6-7-25(24)44-5)41-17(2)29(32,33)34/h6-7,10-13,16-17,26,41H,8-9,14-15H2,1-5H3/t16-,17?,26-/m0/s1. The van der Waals surface area contributed by atoms with Crippen molar-refractivity contribution in [2.45, 2.75) is 83.7 Å². The minimum absolute atomic E-state index is 0.00965. The van der Waals surface area contributed by atoms with E-state index in [0.29, 0.717) is 42.7 Å². The van der Waals surface area contributed by atoms with Gasteiger partial charge in [-0.1, -0.05) is 13.8 Å². The molecule has 0 bridgehead atoms. The number of hydrogen-bond acceptors (Lipinski definition) is 4. The van der Waals surface area contributed by atoms with Gasteiger partial charge in [-0.15, -0.1) is 0 Å². The van der Waals surface area contributed by atoms with Gasteiger partial charge in [-0.05, 0) is 91.6 Å². The van der Waals surface area contributed by atoms with Crippen molar-refractivity contribution in [3.05, 3.63) is 64.2 Å². The van der Waals surface area contributed by atoms with Crippen LogP contribution in [0.5, 0.6) is 5.75 Å². The lowest BCUT2D eigenvalue weighted by molar-refractivity contribution is -0.143. The number of carbonyl (C=O) groups is 1. The van der Waals surface area contributed by atoms with Crippen molar-refractivity contribution in [2.24, 2.45) is 5.41 Å². The number of alkyl halides is 9. The Bertz CT molecular complexity index is 1430. The van der Waals surface area contributed by atoms with Gasteiger partial charge in [0.2, 0.25) is 0 Å². The van der Waals surface area contributed by atoms with Crippen LogP contribution in [-0.4, -0.2) is 42.9 Å². The topological polar surface area (TPSA) is 50.8 Å². The second kappa shape index (κ2) is 12.0. The molecule has 2 aromatic rings. The molecule has 4 rings (SSSR count). The second-order valence-electron chi connectivity index (χ2n) is 12.3. The van der Waals surface area contributed by atoms with E-state index in [0.717, 1.165) is 18.1 Å². The van der Waals surface area contributed by atoms with Gasteiger partial charge in [0, 0.05) is 17.8 Å². The molecule has 0 radical (unpaired) electrons. The maximum atomic E-state index is 13.5. The van der Waals surface area contributed by atoms with Gasteiger partial charge < -0.3 is 14.8 Å². The number of nitrogens with zero attached hydrogens (tertiary/aromatic N) is 1. The maximum absolute atomic E-state index is 13.5. The van der Waals surface area contributed by atoms with E-state index in [2.05, 4.69) is 5.32 Å². The normalized spacial score (nSPS) is 21.6. The Morgan fingerprint density at radius 3 is 2.13 bits per heavy atom. The SMILES string of the molecule is COc1ccc(NC(C)C(F)(F)F)cc1C1=C(CN2C(=O)O[C@H](c3cc(C(F)(F)F)cc(C(F)(F)F)c3)[C@@H]2C)CC(C)(C)CC1. The molecule has 0 saturated carbocycles. The first-order valence-electron chi connectivity index (χ1n) is 14.1. The van der Waals surface area contributed by atoms with Gasteiger partial charge in [0.15, 0.2) is 0 Å². The number of ether oxygens (including phenoxy) is 2. The predicted molar refractivity (Wildman–Crippen MR) is 149 cm³/mol. The zero-order valence-electron chi connectivity index (χ0n) is 25.1. The summed E-state index contributed by atoms with van der Waals surface area (Å²) in [6.07, 6.45) is -15.4. The molecule has 1 unspecified atom stereocenters. The molecule has 1 fully saturated rings. The Kier molecular flexibility index (Phi) is 9.13. The number of hydrogen-bond donors (Lipinski definition) is 1. The van der Waals surface area contributed by atoms with Crippen LogP contribution in [0.4, 0.5) is 50.0 Å². The zero-order chi connectivity index (χ0) is 33.7. The molecule has 45 heavy (non-hydrogen) atoms. The predicted octanol–water partition coefficient (Wildman–Crippen LogP) is 9.64. The molecule has 2 aromatic carbocycles. The fraction of sp³-hybridized carbons (Fsp3) is 0.516. The monoisotopic (exact) mass is 652 g/mol. The average Bonchev–Trinajstić information content (AvgIpc) is 3.19. The number of allylic oxidation sites excluding steroid dienone is 1. The summed E-state index contributed by atoms with van der Waals surface area (Å²) < 4.78 is 132. The highest BCUT2D eigenvalue weighted by Crippen LogP contribution is 2.47. The summed E-state index contributed by atoms with van der Waals surface area (Å²) >= 11 is 0. The van der Waals surface area contributed by atoms with E-state index in [1.54, 1.807) is 0 Å². The van der Waals surface area contributed by atoms with E-state index in [-0.39, 0.29) is 23.7 Å². The molecule has 1 amide bonds. The molecule has 5 nitrogen and oxygen atoms in total. The smallest absolute Gasteiger partial charge is 0.416 e. The summed E-state index contributed by atoms with van der Waals surface area (Å²) in [6, 6.07) is 2.82. The van der Waals surface area contributed by atoms with Crippen LogP contribution in [0, 0.1) is 5.41 Å². The molecule has 14 heteroatoms. The number of carbonyl (C=O) groups excluding carboxylic acids is 1. The molecule has 1 N–H and O–H groups in total. The quantitative estimate of drug-likeness (QED) is 0.303. The summed E-state index contributed by atoms with van der Waals surface area (Å²) in [6.45, 7) is 6.39. The van der Waals surface area contributed by atoms with Gasteiger partial charge in [-0.3, -0.25) is 4.90 Å². The lowest BCUT2D eigenvalue weighted by Crippen LogP contribution is -2.35. The van der Waals surface area contributed by atoms with Crippen LogP contribution >= 0.6 is 0 Å². The minimum atomic E-state index is -5.07. The number of halogens is 9. The third kappa shape index (κ3) is 7.63. The van der Waals surface area contributed by atoms with Crippen LogP contribution in [0.3, 0.4) is 0 Å². The number of benzene rings is 2. The molecule has 0 aromatic heterocycles. The Morgan fingerprint density at radius 2 is 1.60 bits per heavy atom. The van der Waals surface area contributed by atoms with Crippen molar-refractivity contribution in [3.8, 4) is 5.75 Å². The minimum Gasteiger partial charge on any atom is -0.496 e. The molecule has 1 heterocycles. The summed E-state index contributed by atoms with van der Waals surface area (Å²) in [7, 11) is 1.41. The van der Waals surface area contributed by atoms with Crippen LogP contribution in [0.25, 0.3) is 5.57 Å². The fourth-order valence-electron chi connectivity index (χ4n) is 5.76. The van der Waals surface area contributed by atoms with Crippen molar-refractivity contribution in [2.75, 3.05) is 19.0 Å². The summed E-state index contributed by atoms with van der Waals surface area (Å²) in [4.78, 5) is 14.3. The maximum Gasteiger partial charge on any atom is 0.416 e. The van der Waals surface area contributed by atoms with E-state index >= 15 is 0 Å². The number of amides is 1. The number of anilines is 1. The lowest BCUT2D eigenvalue weighted by Gasteiger charge is -2.36. The largest absolute Gasteiger partial charge is 0.496 e. The van der Waals surface area contributed by atoms with Crippen LogP contribution in [0.2, 0.25) is 0 Å². The van der Waals surface area contributed by atoms with Crippen molar-refractivity contribution >= 4 is 17.4 Å². The second-order valence-corrected chi connectivity index (χ2v) is 12.3. The van der Waals surface area contributed by atoms with Gasteiger partial charge >= 0.3 is 24.6 Å². The highest BCUT2D eigenvalue weighted by molar-refractivity contribution is 5.78.